The predicted octanol–water partition coefficient (Wildman–Crippen LogP) is 2.38. The number of aliphatic hydroxyl groups is 1. The van der Waals surface area contributed by atoms with Crippen LogP contribution in [-0.4, -0.2) is 72.9 Å². The molecule has 3 aromatic rings. The van der Waals surface area contributed by atoms with E-state index in [1.54, 1.807) is 18.5 Å². The third-order valence-corrected chi connectivity index (χ3v) is 6.64. The maximum Gasteiger partial charge on any atom is 0.438 e. The van der Waals surface area contributed by atoms with Gasteiger partial charge in [0.25, 0.3) is 0 Å². The van der Waals surface area contributed by atoms with Crippen LogP contribution >= 0.6 is 0 Å². The lowest BCUT2D eigenvalue weighted by atomic mass is 10.0. The summed E-state index contributed by atoms with van der Waals surface area (Å²) in [5.74, 6) is 0.691. The molecule has 19 heteroatoms. The molecule has 3 rings (SSSR count). The van der Waals surface area contributed by atoms with E-state index in [9.17, 15) is 34.4 Å². The van der Waals surface area contributed by atoms with Gasteiger partial charge < -0.3 is 14.2 Å². The van der Waals surface area contributed by atoms with E-state index in [-0.39, 0.29) is 0 Å². The highest BCUT2D eigenvalue weighted by Crippen LogP contribution is 2.15. The molecule has 0 aliphatic carbocycles. The van der Waals surface area contributed by atoms with Gasteiger partial charge in [-0.05, 0) is 45.3 Å². The summed E-state index contributed by atoms with van der Waals surface area (Å²) < 4.78 is 93.2. The highest BCUT2D eigenvalue weighted by Gasteiger charge is 2.07. The molecule has 3 heterocycles. The van der Waals surface area contributed by atoms with Crippen LogP contribution in [0, 0.1) is 7.11 Å². The molecule has 0 saturated carbocycles. The first kappa shape index (κ1) is 52.2. The van der Waals surface area contributed by atoms with Crippen molar-refractivity contribution in [3.63, 3.8) is 0 Å². The average Bonchev–Trinajstić information content (AvgIpc) is 3.10. The number of aryl methyl sites for hydroxylation is 2. The van der Waals surface area contributed by atoms with Crippen molar-refractivity contribution in [2.45, 2.75) is 26.2 Å². The fraction of sp³-hybridized carbons (Fsp3) is 0.333. The number of hydrogen-bond acceptors (Lipinski definition) is 14. The second-order valence-electron chi connectivity index (χ2n) is 8.43. The topological polar surface area (TPSA) is 226 Å². The van der Waals surface area contributed by atoms with E-state index in [2.05, 4.69) is 84.9 Å². The van der Waals surface area contributed by atoms with Crippen molar-refractivity contribution in [3.8, 4) is 0 Å². The molecule has 49 heavy (non-hydrogen) atoms. The van der Waals surface area contributed by atoms with E-state index in [4.69, 9.17) is 5.11 Å². The van der Waals surface area contributed by atoms with Crippen LogP contribution < -0.4 is 9.13 Å². The Balaban J connectivity index is -0.000000249. The van der Waals surface area contributed by atoms with E-state index in [0.29, 0.717) is 5.92 Å². The molecule has 1 atom stereocenters. The Morgan fingerprint density at radius 1 is 0.776 bits per heavy atom. The van der Waals surface area contributed by atoms with E-state index < -0.39 is 31.2 Å². The molecule has 0 aliphatic heterocycles. The van der Waals surface area contributed by atoms with Gasteiger partial charge in [-0.3, -0.25) is 13.4 Å². The molecule has 1 unspecified atom stereocenters. The lowest BCUT2D eigenvalue weighted by Gasteiger charge is -2.05. The van der Waals surface area contributed by atoms with Crippen molar-refractivity contribution in [1.29, 1.82) is 0 Å². The number of aromatic nitrogens is 3. The molecule has 0 aliphatic rings. The van der Waals surface area contributed by atoms with Crippen molar-refractivity contribution in [1.82, 2.24) is 4.98 Å². The van der Waals surface area contributed by atoms with E-state index >= 15 is 0 Å². The van der Waals surface area contributed by atoms with Crippen LogP contribution in [0.3, 0.4) is 0 Å². The van der Waals surface area contributed by atoms with Crippen molar-refractivity contribution >= 4 is 43.3 Å². The van der Waals surface area contributed by atoms with E-state index in [1.807, 2.05) is 61.4 Å². The minimum atomic E-state index is -4.41. The van der Waals surface area contributed by atoms with Crippen LogP contribution in [0.15, 0.2) is 86.7 Å². The molecule has 0 amide bonds. The maximum atomic E-state index is 9.86. The van der Waals surface area contributed by atoms with Gasteiger partial charge in [0.1, 0.15) is 14.1 Å². The van der Waals surface area contributed by atoms with Gasteiger partial charge in [-0.1, -0.05) is 39.2 Å². The third-order valence-electron chi connectivity index (χ3n) is 5.12. The average molecular weight is 755 g/mol. The zero-order valence-electron chi connectivity index (χ0n) is 28.9. The Morgan fingerprint density at radius 3 is 1.33 bits per heavy atom. The van der Waals surface area contributed by atoms with Gasteiger partial charge >= 0.3 is 10.4 Å². The van der Waals surface area contributed by atoms with Gasteiger partial charge in [-0.2, -0.15) is 8.42 Å². The third kappa shape index (κ3) is 37.0. The molecule has 0 saturated heterocycles. The second kappa shape index (κ2) is 30.4. The van der Waals surface area contributed by atoms with Gasteiger partial charge in [0.05, 0.1) is 21.3 Å². The second-order valence-corrected chi connectivity index (χ2v) is 12.1. The minimum Gasteiger partial charge on any atom is -0.726 e. The highest BCUT2D eigenvalue weighted by atomic mass is 32.3. The van der Waals surface area contributed by atoms with Crippen LogP contribution in [0.25, 0.3) is 12.2 Å². The summed E-state index contributed by atoms with van der Waals surface area (Å²) in [7, 11) is -2.34. The fourth-order valence-corrected chi connectivity index (χ4v) is 2.37. The Hall–Kier alpha value is -3.63. The van der Waals surface area contributed by atoms with Crippen molar-refractivity contribution in [2.24, 2.45) is 14.1 Å². The summed E-state index contributed by atoms with van der Waals surface area (Å²) in [6.07, 6.45) is 16.5. The normalized spacial score (nSPS) is 10.6. The van der Waals surface area contributed by atoms with Crippen LogP contribution in [-0.2, 0) is 62.0 Å². The molecule has 0 bridgehead atoms. The Labute approximate surface area is 292 Å². The first-order valence-electron chi connectivity index (χ1n) is 13.5. The summed E-state index contributed by atoms with van der Waals surface area (Å²) in [5, 5.41) is 7.00. The Morgan fingerprint density at radius 2 is 1.10 bits per heavy atom. The SMILES string of the molecule is C=Cc1cc[n+](C)cc1.C=Cc1ccncc1.CCC(C)c1cc[n+](C)cc1.CO.COS(=O)(=O)[O-].COS(=O)(=O)[O-].[CH2+]OS(=O)(=O)OC. The minimum absolute atomic E-state index is 0.691. The molecule has 0 fully saturated rings. The lowest BCUT2D eigenvalue weighted by Crippen LogP contribution is -2.26. The first-order valence-corrected chi connectivity index (χ1v) is 17.5. The Kier molecular flexibility index (Phi) is 32.4. The number of nitrogens with zero attached hydrogens (tertiary/aromatic N) is 3. The van der Waals surface area contributed by atoms with Gasteiger partial charge in [-0.15, -0.1) is 0 Å². The summed E-state index contributed by atoms with van der Waals surface area (Å²) in [5.41, 5.74) is 3.71. The molecule has 0 radical (unpaired) electrons. The quantitative estimate of drug-likeness (QED) is 0.151. The Bertz CT molecular complexity index is 1530. The van der Waals surface area contributed by atoms with Crippen LogP contribution in [0.1, 0.15) is 42.9 Å². The van der Waals surface area contributed by atoms with E-state index in [1.165, 1.54) is 12.0 Å². The smallest absolute Gasteiger partial charge is 0.438 e. The van der Waals surface area contributed by atoms with Crippen molar-refractivity contribution in [2.75, 3.05) is 28.4 Å². The molecule has 1 N–H and O–H groups in total. The van der Waals surface area contributed by atoms with Gasteiger partial charge in [0.2, 0.25) is 27.9 Å². The van der Waals surface area contributed by atoms with Crippen LogP contribution in [0.5, 0.6) is 0 Å². The molecular weight excluding hydrogens is 707 g/mol. The van der Waals surface area contributed by atoms with Crippen LogP contribution in [0.2, 0.25) is 0 Å². The zero-order chi connectivity index (χ0) is 39.1. The molecule has 3 aromatic heterocycles. The number of pyridine rings is 3. The van der Waals surface area contributed by atoms with Gasteiger partial charge in [0, 0.05) is 43.8 Å². The highest BCUT2D eigenvalue weighted by molar-refractivity contribution is 7.82. The predicted molar refractivity (Wildman–Crippen MR) is 182 cm³/mol. The molecule has 0 aromatic carbocycles. The first-order chi connectivity index (χ1) is 22.7. The van der Waals surface area contributed by atoms with Crippen LogP contribution in [0.4, 0.5) is 0 Å². The zero-order valence-corrected chi connectivity index (χ0v) is 31.4. The lowest BCUT2D eigenvalue weighted by molar-refractivity contribution is -0.671. The summed E-state index contributed by atoms with van der Waals surface area (Å²) in [6.45, 7) is 11.7. The van der Waals surface area contributed by atoms with Gasteiger partial charge in [-0.25, -0.2) is 30.2 Å². The van der Waals surface area contributed by atoms with Gasteiger partial charge in [0.15, 0.2) is 24.8 Å². The molecule has 0 spiro atoms. The number of aliphatic hydroxyl groups excluding tert-OH is 1. The largest absolute Gasteiger partial charge is 0.726 e. The van der Waals surface area contributed by atoms with Crippen molar-refractivity contribution < 1.29 is 65.3 Å². The summed E-state index contributed by atoms with van der Waals surface area (Å²) in [6, 6.07) is 12.2. The molecular formula is C30H48N3O13S3+. The molecule has 16 nitrogen and oxygen atoms in total. The standard InChI is InChI=1S/C10H16N.C8H10N.C7H7N.C2H5O4S.2CH4O4S.CH4O/c1-4-9(2)10-5-7-11(3)8-6-10;1-3-8-4-6-9(2)7-5-8;1-2-7-3-5-8-6-4-7;1-5-7(3,4)6-2;2*1-5-6(2,3)4;1-2/h5-9H,4H2,1-3H3;3-7H,1H2,2H3;2-6H,1H2;1H2,2H3;2*1H3,(H,2,3,4);2H,1H3/q2*+1;;+1;;;/p-2. The summed E-state index contributed by atoms with van der Waals surface area (Å²) in [4.78, 5) is 3.85. The molecule has 278 valence electrons. The maximum absolute atomic E-state index is 9.86. The van der Waals surface area contributed by atoms with Crippen molar-refractivity contribution in [3.05, 3.63) is 111 Å². The summed E-state index contributed by atoms with van der Waals surface area (Å²) >= 11 is 0. The fourth-order valence-electron chi connectivity index (χ4n) is 2.27. The number of hydrogen-bond donors (Lipinski definition) is 1. The van der Waals surface area contributed by atoms with E-state index in [0.717, 1.165) is 39.6 Å². The monoisotopic (exact) mass is 754 g/mol. The number of rotatable bonds is 8.